The summed E-state index contributed by atoms with van der Waals surface area (Å²) >= 11 is 0. The van der Waals surface area contributed by atoms with Gasteiger partial charge in [0.2, 0.25) is 11.9 Å². The van der Waals surface area contributed by atoms with Gasteiger partial charge < -0.3 is 9.80 Å². The lowest BCUT2D eigenvalue weighted by molar-refractivity contribution is -0.137. The van der Waals surface area contributed by atoms with Crippen LogP contribution >= 0.6 is 0 Å². The maximum Gasteiger partial charge on any atom is 0.416 e. The molecule has 2 heterocycles. The molecule has 3 aliphatic rings. The van der Waals surface area contributed by atoms with Crippen LogP contribution in [0.4, 0.5) is 18.9 Å². The van der Waals surface area contributed by atoms with Crippen molar-refractivity contribution >= 4 is 17.6 Å². The van der Waals surface area contributed by atoms with E-state index < -0.39 is 23.2 Å². The van der Waals surface area contributed by atoms with Gasteiger partial charge in [0.25, 0.3) is 0 Å². The fourth-order valence-corrected chi connectivity index (χ4v) is 4.78. The van der Waals surface area contributed by atoms with E-state index in [1.165, 1.54) is 12.1 Å². The lowest BCUT2D eigenvalue weighted by Gasteiger charge is -2.45. The minimum atomic E-state index is -4.37. The first-order valence-corrected chi connectivity index (χ1v) is 10.7. The van der Waals surface area contributed by atoms with Gasteiger partial charge in [-0.3, -0.25) is 10.1 Å². The highest BCUT2D eigenvalue weighted by Crippen LogP contribution is 2.42. The van der Waals surface area contributed by atoms with Crippen molar-refractivity contribution in [2.24, 2.45) is 16.8 Å². The molecule has 1 aliphatic carbocycles. The van der Waals surface area contributed by atoms with Gasteiger partial charge in [0.15, 0.2) is 5.92 Å². The summed E-state index contributed by atoms with van der Waals surface area (Å²) in [4.78, 5) is 21.5. The summed E-state index contributed by atoms with van der Waals surface area (Å²) < 4.78 is 39.1. The Hall–Kier alpha value is -2.76. The second-order valence-electron chi connectivity index (χ2n) is 8.80. The number of hydrogen-bond donors (Lipinski definition) is 1. The summed E-state index contributed by atoms with van der Waals surface area (Å²) in [6, 6.07) is 7.51. The Morgan fingerprint density at radius 1 is 1.16 bits per heavy atom. The van der Waals surface area contributed by atoms with E-state index in [0.717, 1.165) is 18.9 Å². The molecule has 1 aromatic rings. The molecule has 1 amide bonds. The van der Waals surface area contributed by atoms with E-state index >= 15 is 0 Å². The van der Waals surface area contributed by atoms with Gasteiger partial charge in [0.05, 0.1) is 17.2 Å². The maximum atomic E-state index is 13.0. The second-order valence-corrected chi connectivity index (χ2v) is 8.80. The number of halogens is 3. The predicted octanol–water partition coefficient (Wildman–Crippen LogP) is 3.40. The molecule has 1 aromatic carbocycles. The molecular weight excluding hydrogens is 407 g/mol. The van der Waals surface area contributed by atoms with Crippen molar-refractivity contribution in [2.45, 2.75) is 44.3 Å². The number of aliphatic imine (C=N–C) groups is 1. The van der Waals surface area contributed by atoms with Crippen LogP contribution in [-0.2, 0) is 11.0 Å². The average Bonchev–Trinajstić information content (AvgIpc) is 2.75. The number of guanidine groups is 1. The van der Waals surface area contributed by atoms with Gasteiger partial charge >= 0.3 is 6.18 Å². The number of carbonyl (C=O) groups excluding carboxylic acids is 1. The van der Waals surface area contributed by atoms with Gasteiger partial charge in [-0.2, -0.15) is 18.4 Å². The SMILES string of the molecule is CC1CCC2(CC1)N=C(N1CCN(c3cccc(C(F)(F)F)c3)CC1)NC(=O)[C@@H]2C#N. The molecular formula is C22H26F3N5O. The van der Waals surface area contributed by atoms with Crippen molar-refractivity contribution in [1.82, 2.24) is 10.2 Å². The standard InChI is InChI=1S/C22H26F3N5O/c1-15-5-7-21(8-6-15)18(14-26)19(31)27-20(28-21)30-11-9-29(10-12-30)17-4-2-3-16(13-17)22(23,24)25/h2-4,13,15,18H,5-12H2,1H3,(H,27,28,31)/t15?,18-,21?/m0/s1. The molecule has 31 heavy (non-hydrogen) atoms. The van der Waals surface area contributed by atoms with Crippen LogP contribution in [0.3, 0.4) is 0 Å². The Labute approximate surface area is 179 Å². The Balaban J connectivity index is 1.49. The number of benzene rings is 1. The Morgan fingerprint density at radius 2 is 1.81 bits per heavy atom. The average molecular weight is 433 g/mol. The number of nitrogens with one attached hydrogen (secondary N) is 1. The van der Waals surface area contributed by atoms with Crippen molar-refractivity contribution in [3.05, 3.63) is 29.8 Å². The number of anilines is 1. The van der Waals surface area contributed by atoms with E-state index in [1.807, 2.05) is 9.80 Å². The smallest absolute Gasteiger partial charge is 0.368 e. The van der Waals surface area contributed by atoms with Crippen molar-refractivity contribution in [2.75, 3.05) is 31.1 Å². The third-order valence-electron chi connectivity index (χ3n) is 6.75. The number of carbonyl (C=O) groups is 1. The van der Waals surface area contributed by atoms with Gasteiger partial charge in [0, 0.05) is 31.9 Å². The van der Waals surface area contributed by atoms with Crippen LogP contribution < -0.4 is 10.2 Å². The highest BCUT2D eigenvalue weighted by Gasteiger charge is 2.49. The van der Waals surface area contributed by atoms with E-state index in [2.05, 4.69) is 18.3 Å². The number of hydrogen-bond acceptors (Lipinski definition) is 5. The number of rotatable bonds is 1. The Kier molecular flexibility index (Phi) is 5.58. The van der Waals surface area contributed by atoms with Crippen LogP contribution in [0.1, 0.15) is 38.2 Å². The molecule has 0 unspecified atom stereocenters. The molecule has 2 aliphatic heterocycles. The van der Waals surface area contributed by atoms with Gasteiger partial charge in [0.1, 0.15) is 0 Å². The van der Waals surface area contributed by atoms with Crippen molar-refractivity contribution < 1.29 is 18.0 Å². The molecule has 4 rings (SSSR count). The highest BCUT2D eigenvalue weighted by molar-refractivity contribution is 6.02. The molecule has 0 aromatic heterocycles. The highest BCUT2D eigenvalue weighted by atomic mass is 19.4. The Bertz CT molecular complexity index is 906. The number of alkyl halides is 3. The molecule has 1 saturated carbocycles. The Morgan fingerprint density at radius 3 is 2.42 bits per heavy atom. The molecule has 1 N–H and O–H groups in total. The number of nitrogens with zero attached hydrogens (tertiary/aromatic N) is 4. The van der Waals surface area contributed by atoms with Gasteiger partial charge in [-0.05, 0) is 49.8 Å². The summed E-state index contributed by atoms with van der Waals surface area (Å²) in [7, 11) is 0. The van der Waals surface area contributed by atoms with Crippen LogP contribution in [-0.4, -0.2) is 48.5 Å². The predicted molar refractivity (Wildman–Crippen MR) is 110 cm³/mol. The summed E-state index contributed by atoms with van der Waals surface area (Å²) in [6.07, 6.45) is -1.07. The second kappa shape index (κ2) is 8.06. The zero-order valence-electron chi connectivity index (χ0n) is 17.5. The molecule has 2 fully saturated rings. The number of piperazine rings is 1. The van der Waals surface area contributed by atoms with Crippen LogP contribution in [0.25, 0.3) is 0 Å². The molecule has 1 saturated heterocycles. The van der Waals surface area contributed by atoms with Crippen molar-refractivity contribution in [3.63, 3.8) is 0 Å². The van der Waals surface area contributed by atoms with Crippen LogP contribution in [0, 0.1) is 23.2 Å². The normalized spacial score (nSPS) is 29.4. The van der Waals surface area contributed by atoms with E-state index in [4.69, 9.17) is 4.99 Å². The number of nitriles is 1. The summed E-state index contributed by atoms with van der Waals surface area (Å²) in [5.41, 5.74) is -0.796. The van der Waals surface area contributed by atoms with Gasteiger partial charge in [-0.1, -0.05) is 13.0 Å². The molecule has 0 radical (unpaired) electrons. The fourth-order valence-electron chi connectivity index (χ4n) is 4.78. The number of amides is 1. The molecule has 9 heteroatoms. The van der Waals surface area contributed by atoms with E-state index in [9.17, 15) is 23.2 Å². The van der Waals surface area contributed by atoms with E-state index in [-0.39, 0.29) is 5.91 Å². The zero-order chi connectivity index (χ0) is 22.2. The third kappa shape index (κ3) is 4.21. The lowest BCUT2D eigenvalue weighted by Crippen LogP contribution is -2.60. The van der Waals surface area contributed by atoms with Gasteiger partial charge in [-0.25, -0.2) is 4.99 Å². The first-order chi connectivity index (χ1) is 14.7. The van der Waals surface area contributed by atoms with Crippen molar-refractivity contribution in [1.29, 1.82) is 5.26 Å². The summed E-state index contributed by atoms with van der Waals surface area (Å²) in [5.74, 6) is -0.0307. The summed E-state index contributed by atoms with van der Waals surface area (Å²) in [6.45, 7) is 4.26. The van der Waals surface area contributed by atoms with Crippen molar-refractivity contribution in [3.8, 4) is 6.07 Å². The van der Waals surface area contributed by atoms with Gasteiger partial charge in [-0.15, -0.1) is 0 Å². The molecule has 0 bridgehead atoms. The molecule has 6 nitrogen and oxygen atoms in total. The minimum absolute atomic E-state index is 0.303. The molecule has 166 valence electrons. The zero-order valence-corrected chi connectivity index (χ0v) is 17.5. The topological polar surface area (TPSA) is 71.7 Å². The fraction of sp³-hybridized carbons (Fsp3) is 0.591. The quantitative estimate of drug-likeness (QED) is 0.737. The van der Waals surface area contributed by atoms with Crippen LogP contribution in [0.15, 0.2) is 29.3 Å². The summed E-state index contributed by atoms with van der Waals surface area (Å²) in [5, 5.41) is 12.4. The van der Waals surface area contributed by atoms with E-state index in [0.29, 0.717) is 56.6 Å². The largest absolute Gasteiger partial charge is 0.416 e. The third-order valence-corrected chi connectivity index (χ3v) is 6.75. The van der Waals surface area contributed by atoms with Crippen LogP contribution in [0.2, 0.25) is 0 Å². The molecule has 1 atom stereocenters. The lowest BCUT2D eigenvalue weighted by atomic mass is 9.70. The monoisotopic (exact) mass is 433 g/mol. The first-order valence-electron chi connectivity index (χ1n) is 10.7. The van der Waals surface area contributed by atoms with E-state index in [1.54, 1.807) is 6.07 Å². The maximum absolute atomic E-state index is 13.0. The van der Waals surface area contributed by atoms with Crippen LogP contribution in [0.5, 0.6) is 0 Å². The molecule has 1 spiro atoms. The minimum Gasteiger partial charge on any atom is -0.368 e. The first kappa shape index (κ1) is 21.5.